The molecule has 0 radical (unpaired) electrons. The van der Waals surface area contributed by atoms with Gasteiger partial charge >= 0.3 is 11.9 Å². The van der Waals surface area contributed by atoms with Crippen molar-refractivity contribution in [2.24, 2.45) is 17.8 Å². The number of methoxy groups -OCH3 is 1. The largest absolute Gasteiger partial charge is 0.466 e. The van der Waals surface area contributed by atoms with E-state index >= 15 is 0 Å². The summed E-state index contributed by atoms with van der Waals surface area (Å²) >= 11 is 3.59. The van der Waals surface area contributed by atoms with Crippen LogP contribution in [-0.4, -0.2) is 36.3 Å². The second-order valence-corrected chi connectivity index (χ2v) is 8.95. The molecule has 0 aliphatic heterocycles. The van der Waals surface area contributed by atoms with Gasteiger partial charge in [0.05, 0.1) is 7.11 Å². The highest BCUT2D eigenvalue weighted by atomic mass is 79.9. The van der Waals surface area contributed by atoms with Gasteiger partial charge in [0, 0.05) is 24.6 Å². The summed E-state index contributed by atoms with van der Waals surface area (Å²) in [6.07, 6.45) is 14.4. The van der Waals surface area contributed by atoms with Crippen molar-refractivity contribution in [3.05, 3.63) is 12.2 Å². The average molecular weight is 487 g/mol. The number of Topliss-reactive ketones (excluding diaryl/α,β-unsaturated/α-hetero) is 1. The zero-order chi connectivity index (χ0) is 22.4. The van der Waals surface area contributed by atoms with Crippen LogP contribution < -0.4 is 0 Å². The Balaban J connectivity index is 2.46. The smallest absolute Gasteiger partial charge is 0.347 e. The molecule has 4 atom stereocenters. The Morgan fingerprint density at radius 3 is 2.53 bits per heavy atom. The van der Waals surface area contributed by atoms with Crippen LogP contribution in [0.25, 0.3) is 0 Å². The van der Waals surface area contributed by atoms with Gasteiger partial charge in [-0.3, -0.25) is 9.59 Å². The molecule has 1 saturated carbocycles. The molecule has 0 aromatic heterocycles. The van der Waals surface area contributed by atoms with Crippen LogP contribution in [0.5, 0.6) is 0 Å². The van der Waals surface area contributed by atoms with Crippen molar-refractivity contribution in [1.82, 2.24) is 0 Å². The number of hydrogen-bond acceptors (Lipinski definition) is 5. The van der Waals surface area contributed by atoms with Crippen molar-refractivity contribution >= 4 is 33.7 Å². The fraction of sp³-hybridized carbons (Fsp3) is 0.792. The van der Waals surface area contributed by atoms with Crippen LogP contribution in [-0.2, 0) is 23.9 Å². The standard InChI is InChI=1S/C24H39BrO5/c1-4-5-6-7-8-10-13-20-19(17-25)16-22(27)21(20)14-11-9-12-15-23(24(28)29-3)30-18(2)26/h10,13,19-21,23H,4-9,11-12,14-17H2,1-3H3/t19-,20-,21+,23?/m0/s1. The molecule has 0 spiro atoms. The molecular formula is C24H39BrO5. The third kappa shape index (κ3) is 9.76. The van der Waals surface area contributed by atoms with E-state index in [-0.39, 0.29) is 5.92 Å². The van der Waals surface area contributed by atoms with Crippen molar-refractivity contribution in [3.8, 4) is 0 Å². The van der Waals surface area contributed by atoms with Gasteiger partial charge in [0.15, 0.2) is 6.10 Å². The summed E-state index contributed by atoms with van der Waals surface area (Å²) in [7, 11) is 1.29. The predicted molar refractivity (Wildman–Crippen MR) is 122 cm³/mol. The van der Waals surface area contributed by atoms with Gasteiger partial charge in [-0.25, -0.2) is 4.79 Å². The van der Waals surface area contributed by atoms with E-state index in [1.165, 1.54) is 39.7 Å². The molecule has 0 amide bonds. The number of ketones is 1. The Bertz CT molecular complexity index is 560. The lowest BCUT2D eigenvalue weighted by Gasteiger charge is -2.19. The van der Waals surface area contributed by atoms with Crippen LogP contribution in [0.1, 0.15) is 84.5 Å². The molecule has 1 fully saturated rings. The molecule has 0 saturated heterocycles. The molecule has 5 nitrogen and oxygen atoms in total. The van der Waals surface area contributed by atoms with Crippen LogP contribution in [0.2, 0.25) is 0 Å². The lowest BCUT2D eigenvalue weighted by atomic mass is 9.86. The van der Waals surface area contributed by atoms with Crippen molar-refractivity contribution < 1.29 is 23.9 Å². The van der Waals surface area contributed by atoms with E-state index in [2.05, 4.69) is 35.0 Å². The minimum atomic E-state index is -0.832. The Labute approximate surface area is 190 Å². The van der Waals surface area contributed by atoms with Crippen molar-refractivity contribution in [2.45, 2.75) is 90.6 Å². The monoisotopic (exact) mass is 486 g/mol. The lowest BCUT2D eigenvalue weighted by molar-refractivity contribution is -0.165. The van der Waals surface area contributed by atoms with E-state index in [0.29, 0.717) is 30.5 Å². The second-order valence-electron chi connectivity index (χ2n) is 8.31. The third-order valence-electron chi connectivity index (χ3n) is 5.92. The number of carbonyl (C=O) groups is 3. The van der Waals surface area contributed by atoms with Gasteiger partial charge in [0.2, 0.25) is 0 Å². The van der Waals surface area contributed by atoms with E-state index in [1.807, 2.05) is 0 Å². The maximum absolute atomic E-state index is 12.6. The maximum atomic E-state index is 12.6. The first-order chi connectivity index (χ1) is 14.4. The minimum absolute atomic E-state index is 0.101. The summed E-state index contributed by atoms with van der Waals surface area (Å²) in [5, 5.41) is 0.864. The summed E-state index contributed by atoms with van der Waals surface area (Å²) in [6, 6.07) is 0. The number of allylic oxidation sites excluding steroid dienone is 2. The van der Waals surface area contributed by atoms with Crippen LogP contribution in [0.15, 0.2) is 12.2 Å². The van der Waals surface area contributed by atoms with Gasteiger partial charge in [0.25, 0.3) is 0 Å². The van der Waals surface area contributed by atoms with E-state index in [0.717, 1.165) is 37.4 Å². The number of halogens is 1. The van der Waals surface area contributed by atoms with Crippen molar-refractivity contribution in [2.75, 3.05) is 12.4 Å². The summed E-state index contributed by atoms with van der Waals surface area (Å²) in [5.74, 6) is 0.207. The SMILES string of the molecule is CCCCCCC=C[C@H]1[C@H](CBr)CC(=O)[C@@H]1CCCCCC(OC(C)=O)C(=O)OC. The zero-order valence-electron chi connectivity index (χ0n) is 18.9. The molecule has 0 aromatic carbocycles. The Morgan fingerprint density at radius 2 is 1.90 bits per heavy atom. The van der Waals surface area contributed by atoms with E-state index in [9.17, 15) is 14.4 Å². The highest BCUT2D eigenvalue weighted by molar-refractivity contribution is 9.09. The van der Waals surface area contributed by atoms with Gasteiger partial charge in [0.1, 0.15) is 5.78 Å². The Kier molecular flexibility index (Phi) is 14.0. The summed E-state index contributed by atoms with van der Waals surface area (Å²) in [4.78, 5) is 35.4. The first-order valence-corrected chi connectivity index (χ1v) is 12.6. The van der Waals surface area contributed by atoms with Gasteiger partial charge < -0.3 is 9.47 Å². The number of hydrogen-bond donors (Lipinski definition) is 0. The van der Waals surface area contributed by atoms with Gasteiger partial charge in [-0.1, -0.05) is 67.1 Å². The van der Waals surface area contributed by atoms with Gasteiger partial charge in [-0.05, 0) is 43.9 Å². The highest BCUT2D eigenvalue weighted by Crippen LogP contribution is 2.39. The molecule has 172 valence electrons. The summed E-state index contributed by atoms with van der Waals surface area (Å²) in [5.41, 5.74) is 0. The molecule has 1 rings (SSSR count). The lowest BCUT2D eigenvalue weighted by Crippen LogP contribution is -2.27. The number of esters is 2. The Hall–Kier alpha value is -1.17. The molecule has 1 unspecified atom stereocenters. The second kappa shape index (κ2) is 15.6. The van der Waals surface area contributed by atoms with E-state index in [4.69, 9.17) is 9.47 Å². The van der Waals surface area contributed by atoms with Crippen LogP contribution in [0.4, 0.5) is 0 Å². The number of unbranched alkanes of at least 4 members (excludes halogenated alkanes) is 6. The number of rotatable bonds is 15. The fourth-order valence-corrected chi connectivity index (χ4v) is 4.92. The third-order valence-corrected chi connectivity index (χ3v) is 6.75. The first kappa shape index (κ1) is 26.9. The topological polar surface area (TPSA) is 69.7 Å². The average Bonchev–Trinajstić information content (AvgIpc) is 3.03. The Morgan fingerprint density at radius 1 is 1.17 bits per heavy atom. The fourth-order valence-electron chi connectivity index (χ4n) is 4.26. The van der Waals surface area contributed by atoms with Crippen LogP contribution >= 0.6 is 15.9 Å². The van der Waals surface area contributed by atoms with Gasteiger partial charge in [-0.2, -0.15) is 0 Å². The molecule has 0 N–H and O–H groups in total. The molecule has 1 aliphatic rings. The van der Waals surface area contributed by atoms with Crippen molar-refractivity contribution in [1.29, 1.82) is 0 Å². The molecule has 1 aliphatic carbocycles. The minimum Gasteiger partial charge on any atom is -0.466 e. The quantitative estimate of drug-likeness (QED) is 0.127. The highest BCUT2D eigenvalue weighted by Gasteiger charge is 2.39. The molecule has 0 aromatic rings. The molecule has 30 heavy (non-hydrogen) atoms. The molecule has 0 bridgehead atoms. The number of ether oxygens (including phenoxy) is 2. The molecule has 0 heterocycles. The van der Waals surface area contributed by atoms with Crippen molar-refractivity contribution in [3.63, 3.8) is 0 Å². The first-order valence-electron chi connectivity index (χ1n) is 11.4. The van der Waals surface area contributed by atoms with Crippen LogP contribution in [0.3, 0.4) is 0 Å². The number of carbonyl (C=O) groups excluding carboxylic acids is 3. The maximum Gasteiger partial charge on any atom is 0.347 e. The normalized spacial score (nSPS) is 22.4. The number of alkyl halides is 1. The predicted octanol–water partition coefficient (Wildman–Crippen LogP) is 5.78. The molecular weight excluding hydrogens is 448 g/mol. The molecule has 6 heteroatoms. The van der Waals surface area contributed by atoms with Gasteiger partial charge in [-0.15, -0.1) is 0 Å². The summed E-state index contributed by atoms with van der Waals surface area (Å²) < 4.78 is 9.74. The van der Waals surface area contributed by atoms with E-state index in [1.54, 1.807) is 0 Å². The zero-order valence-corrected chi connectivity index (χ0v) is 20.5. The summed E-state index contributed by atoms with van der Waals surface area (Å²) in [6.45, 7) is 3.51. The van der Waals surface area contributed by atoms with E-state index < -0.39 is 18.0 Å². The van der Waals surface area contributed by atoms with Crippen LogP contribution in [0, 0.1) is 17.8 Å².